The highest BCUT2D eigenvalue weighted by Gasteiger charge is 2.19. The normalized spacial score (nSPS) is 11.6. The second kappa shape index (κ2) is 14.2. The summed E-state index contributed by atoms with van der Waals surface area (Å²) in [5.41, 5.74) is 18.6. The Hall–Kier alpha value is -7.48. The molecule has 0 unspecified atom stereocenters. The van der Waals surface area contributed by atoms with Gasteiger partial charge in [-0.15, -0.1) is 0 Å². The third-order valence-corrected chi connectivity index (χ3v) is 12.3. The van der Waals surface area contributed by atoms with Crippen molar-refractivity contribution in [3.63, 3.8) is 0 Å². The van der Waals surface area contributed by atoms with Crippen molar-refractivity contribution in [1.82, 2.24) is 4.57 Å². The Bertz CT molecular complexity index is 3340. The van der Waals surface area contributed by atoms with E-state index in [1.807, 2.05) is 0 Å². The smallest absolute Gasteiger partial charge is 0.0541 e. The topological polar surface area (TPSA) is 4.93 Å². The van der Waals surface area contributed by atoms with Gasteiger partial charge in [-0.3, -0.25) is 0 Å². The zero-order chi connectivity index (χ0) is 39.5. The van der Waals surface area contributed by atoms with Crippen LogP contribution in [0.1, 0.15) is 11.1 Å². The molecule has 0 aliphatic heterocycles. The van der Waals surface area contributed by atoms with Crippen molar-refractivity contribution in [3.8, 4) is 61.3 Å². The van der Waals surface area contributed by atoms with E-state index in [0.717, 1.165) is 0 Å². The lowest BCUT2D eigenvalue weighted by Crippen LogP contribution is -1.93. The van der Waals surface area contributed by atoms with Crippen LogP contribution in [0, 0.1) is 13.8 Å². The summed E-state index contributed by atoms with van der Waals surface area (Å²) in [5.74, 6) is 0. The van der Waals surface area contributed by atoms with Crippen LogP contribution in [0.2, 0.25) is 0 Å². The molecule has 1 heteroatoms. The minimum absolute atomic E-state index is 1.17. The number of hydrogen-bond donors (Lipinski definition) is 0. The summed E-state index contributed by atoms with van der Waals surface area (Å²) >= 11 is 0. The molecule has 11 aromatic rings. The third-order valence-electron chi connectivity index (χ3n) is 12.3. The average molecular weight is 752 g/mol. The number of nitrogens with zero attached hydrogens (tertiary/aromatic N) is 1. The zero-order valence-electron chi connectivity index (χ0n) is 33.2. The highest BCUT2D eigenvalue weighted by molar-refractivity contribution is 6.21. The molecule has 0 fully saturated rings. The molecule has 0 aliphatic rings. The molecule has 10 aromatic carbocycles. The SMILES string of the molecule is Cc1cc2c(-c3ccc(-c4ccc(-c5ccccc5)cc4)cc3)c3ccccc3c(-c3ccc(-c4ccc5c(c4)c4ccccc4n5-c4ccccc4)cc3)c2cc1C. The van der Waals surface area contributed by atoms with E-state index in [2.05, 4.69) is 231 Å². The Balaban J connectivity index is 1.00. The summed E-state index contributed by atoms with van der Waals surface area (Å²) in [6.07, 6.45) is 0. The first kappa shape index (κ1) is 34.7. The van der Waals surface area contributed by atoms with Gasteiger partial charge in [0.15, 0.2) is 0 Å². The number of benzene rings is 10. The summed E-state index contributed by atoms with van der Waals surface area (Å²) in [4.78, 5) is 0. The molecule has 0 atom stereocenters. The van der Waals surface area contributed by atoms with E-state index in [1.54, 1.807) is 0 Å². The number of fused-ring (bicyclic) bond motifs is 5. The van der Waals surface area contributed by atoms with Gasteiger partial charge in [0.05, 0.1) is 11.0 Å². The van der Waals surface area contributed by atoms with E-state index in [0.29, 0.717) is 0 Å². The molecular formula is C58H41N. The lowest BCUT2D eigenvalue weighted by molar-refractivity contribution is 1.18. The van der Waals surface area contributed by atoms with Crippen molar-refractivity contribution in [2.24, 2.45) is 0 Å². The minimum Gasteiger partial charge on any atom is -0.309 e. The first-order chi connectivity index (χ1) is 29.1. The first-order valence-electron chi connectivity index (χ1n) is 20.5. The van der Waals surface area contributed by atoms with E-state index in [4.69, 9.17) is 0 Å². The van der Waals surface area contributed by atoms with Gasteiger partial charge in [0, 0.05) is 16.5 Å². The van der Waals surface area contributed by atoms with Gasteiger partial charge in [0.1, 0.15) is 0 Å². The van der Waals surface area contributed by atoms with Crippen molar-refractivity contribution in [1.29, 1.82) is 0 Å². The molecule has 0 radical (unpaired) electrons. The highest BCUT2D eigenvalue weighted by atomic mass is 15.0. The predicted octanol–water partition coefficient (Wildman–Crippen LogP) is 16.0. The van der Waals surface area contributed by atoms with Crippen LogP contribution in [-0.4, -0.2) is 4.57 Å². The van der Waals surface area contributed by atoms with E-state index in [1.165, 1.54) is 116 Å². The van der Waals surface area contributed by atoms with Crippen molar-refractivity contribution in [2.45, 2.75) is 13.8 Å². The Morgan fingerprint density at radius 3 is 1.15 bits per heavy atom. The van der Waals surface area contributed by atoms with Crippen LogP contribution in [0.4, 0.5) is 0 Å². The second-order valence-corrected chi connectivity index (χ2v) is 15.8. The fraction of sp³-hybridized carbons (Fsp3) is 0.0345. The van der Waals surface area contributed by atoms with Crippen molar-refractivity contribution in [2.75, 3.05) is 0 Å². The fourth-order valence-electron chi connectivity index (χ4n) is 9.21. The van der Waals surface area contributed by atoms with Crippen molar-refractivity contribution < 1.29 is 0 Å². The quantitative estimate of drug-likeness (QED) is 0.149. The number of rotatable bonds is 6. The van der Waals surface area contributed by atoms with Gasteiger partial charge in [-0.2, -0.15) is 0 Å². The Kier molecular flexibility index (Phi) is 8.34. The average Bonchev–Trinajstić information content (AvgIpc) is 3.63. The van der Waals surface area contributed by atoms with Crippen LogP contribution in [0.25, 0.3) is 105 Å². The molecule has 11 rings (SSSR count). The standard InChI is InChI=1S/C58H41N/c1-38-35-53-54(36-39(38)2)58(46-31-27-44(28-32-46)47-33-34-56-52(37-47)49-17-11-12-20-55(49)59(56)48-15-7-4-8-16-48)51-19-10-9-18-50(51)57(53)45-29-25-43(26-30-45)42-23-21-41(22-24-42)40-13-5-3-6-14-40/h3-37H,1-2H3. The Labute approximate surface area is 345 Å². The largest absolute Gasteiger partial charge is 0.309 e. The van der Waals surface area contributed by atoms with Crippen LogP contribution in [0.3, 0.4) is 0 Å². The summed E-state index contributed by atoms with van der Waals surface area (Å²) in [6, 6.07) is 78.0. The number of hydrogen-bond acceptors (Lipinski definition) is 0. The number of aryl methyl sites for hydroxylation is 2. The van der Waals surface area contributed by atoms with E-state index in [9.17, 15) is 0 Å². The van der Waals surface area contributed by atoms with Gasteiger partial charge < -0.3 is 4.57 Å². The van der Waals surface area contributed by atoms with Crippen LogP contribution < -0.4 is 0 Å². The Morgan fingerprint density at radius 2 is 0.627 bits per heavy atom. The summed E-state index contributed by atoms with van der Waals surface area (Å²) in [7, 11) is 0. The number of para-hydroxylation sites is 2. The second-order valence-electron chi connectivity index (χ2n) is 15.8. The monoisotopic (exact) mass is 751 g/mol. The predicted molar refractivity (Wildman–Crippen MR) is 252 cm³/mol. The summed E-state index contributed by atoms with van der Waals surface area (Å²) < 4.78 is 2.38. The molecular weight excluding hydrogens is 711 g/mol. The lowest BCUT2D eigenvalue weighted by Gasteiger charge is -2.19. The highest BCUT2D eigenvalue weighted by Crippen LogP contribution is 2.45. The molecule has 1 heterocycles. The third kappa shape index (κ3) is 5.94. The van der Waals surface area contributed by atoms with Gasteiger partial charge in [-0.05, 0) is 132 Å². The maximum absolute atomic E-state index is 2.41. The molecule has 0 saturated heterocycles. The van der Waals surface area contributed by atoms with Gasteiger partial charge in [-0.1, -0.05) is 182 Å². The molecule has 0 saturated carbocycles. The molecule has 0 amide bonds. The minimum atomic E-state index is 1.17. The molecule has 59 heavy (non-hydrogen) atoms. The van der Waals surface area contributed by atoms with E-state index < -0.39 is 0 Å². The zero-order valence-corrected chi connectivity index (χ0v) is 33.2. The maximum atomic E-state index is 2.41. The van der Waals surface area contributed by atoms with Crippen molar-refractivity contribution in [3.05, 3.63) is 223 Å². The van der Waals surface area contributed by atoms with Crippen LogP contribution in [0.5, 0.6) is 0 Å². The first-order valence-corrected chi connectivity index (χ1v) is 20.5. The van der Waals surface area contributed by atoms with Gasteiger partial charge >= 0.3 is 0 Å². The lowest BCUT2D eigenvalue weighted by atomic mass is 9.84. The molecule has 278 valence electrons. The maximum Gasteiger partial charge on any atom is 0.0541 e. The molecule has 1 aromatic heterocycles. The Morgan fingerprint density at radius 1 is 0.254 bits per heavy atom. The molecule has 0 aliphatic carbocycles. The van der Waals surface area contributed by atoms with Gasteiger partial charge in [-0.25, -0.2) is 0 Å². The van der Waals surface area contributed by atoms with E-state index >= 15 is 0 Å². The van der Waals surface area contributed by atoms with E-state index in [-0.39, 0.29) is 0 Å². The van der Waals surface area contributed by atoms with Crippen LogP contribution >= 0.6 is 0 Å². The summed E-state index contributed by atoms with van der Waals surface area (Å²) in [5, 5.41) is 7.62. The molecule has 0 N–H and O–H groups in total. The van der Waals surface area contributed by atoms with Gasteiger partial charge in [0.2, 0.25) is 0 Å². The molecule has 0 spiro atoms. The molecule has 1 nitrogen and oxygen atoms in total. The van der Waals surface area contributed by atoms with Crippen molar-refractivity contribution >= 4 is 43.4 Å². The molecule has 0 bridgehead atoms. The van der Waals surface area contributed by atoms with Gasteiger partial charge in [0.25, 0.3) is 0 Å². The van der Waals surface area contributed by atoms with Crippen LogP contribution in [0.15, 0.2) is 212 Å². The summed E-state index contributed by atoms with van der Waals surface area (Å²) in [6.45, 7) is 4.47. The number of aromatic nitrogens is 1. The van der Waals surface area contributed by atoms with Crippen LogP contribution in [-0.2, 0) is 0 Å². The fourth-order valence-corrected chi connectivity index (χ4v) is 9.21.